The van der Waals surface area contributed by atoms with Gasteiger partial charge in [-0.2, -0.15) is 0 Å². The Kier molecular flexibility index (Phi) is 2.22. The molecule has 0 spiro atoms. The van der Waals surface area contributed by atoms with Gasteiger partial charge >= 0.3 is 5.76 Å². The number of H-pyrrole nitrogens is 1. The van der Waals surface area contributed by atoms with E-state index in [1.807, 2.05) is 6.92 Å². The van der Waals surface area contributed by atoms with E-state index >= 15 is 0 Å². The fourth-order valence-electron chi connectivity index (χ4n) is 0.521. The van der Waals surface area contributed by atoms with Crippen molar-refractivity contribution < 1.29 is 9.26 Å². The second kappa shape index (κ2) is 3.17. The van der Waals surface area contributed by atoms with Gasteiger partial charge in [0.05, 0.1) is 0 Å². The lowest BCUT2D eigenvalue weighted by Gasteiger charge is -1.91. The summed E-state index contributed by atoms with van der Waals surface area (Å²) < 4.78 is 9.16. The van der Waals surface area contributed by atoms with Crippen LogP contribution < -0.4 is 5.76 Å². The Balaban J connectivity index is 2.50. The molecule has 5 heteroatoms. The lowest BCUT2D eigenvalue weighted by atomic mass is 10.7. The highest BCUT2D eigenvalue weighted by Gasteiger charge is 1.97. The zero-order valence-corrected chi connectivity index (χ0v) is 5.59. The highest BCUT2D eigenvalue weighted by Crippen LogP contribution is 1.86. The highest BCUT2D eigenvalue weighted by molar-refractivity contribution is 4.72. The third-order valence-electron chi connectivity index (χ3n) is 0.928. The van der Waals surface area contributed by atoms with Crippen molar-refractivity contribution in [1.29, 1.82) is 0 Å². The molecule has 1 rings (SSSR count). The number of aromatic nitrogens is 2. The van der Waals surface area contributed by atoms with Gasteiger partial charge in [-0.25, -0.2) is 4.79 Å². The van der Waals surface area contributed by atoms with Crippen LogP contribution in [0.25, 0.3) is 0 Å². The van der Waals surface area contributed by atoms with Crippen LogP contribution in [0.2, 0.25) is 0 Å². The summed E-state index contributed by atoms with van der Waals surface area (Å²) in [4.78, 5) is 12.7. The Labute approximate surface area is 57.0 Å². The van der Waals surface area contributed by atoms with Crippen LogP contribution >= 0.6 is 0 Å². The molecule has 1 heterocycles. The van der Waals surface area contributed by atoms with Crippen molar-refractivity contribution >= 4 is 0 Å². The van der Waals surface area contributed by atoms with Crippen LogP contribution in [-0.2, 0) is 11.3 Å². The van der Waals surface area contributed by atoms with Gasteiger partial charge in [0.25, 0.3) is 0 Å². The first-order valence-corrected chi connectivity index (χ1v) is 2.95. The van der Waals surface area contributed by atoms with Gasteiger partial charge in [0.1, 0.15) is 6.61 Å². The summed E-state index contributed by atoms with van der Waals surface area (Å²) in [6.45, 7) is 2.75. The maximum atomic E-state index is 10.3. The first-order chi connectivity index (χ1) is 4.83. The summed E-state index contributed by atoms with van der Waals surface area (Å²) in [5.74, 6) is -0.124. The molecule has 0 unspecified atom stereocenters. The number of aromatic amines is 1. The minimum absolute atomic E-state index is 0.294. The van der Waals surface area contributed by atoms with Crippen molar-refractivity contribution in [2.75, 3.05) is 6.61 Å². The van der Waals surface area contributed by atoms with E-state index in [4.69, 9.17) is 4.74 Å². The molecule has 5 nitrogen and oxygen atoms in total. The predicted molar refractivity (Wildman–Crippen MR) is 32.5 cm³/mol. The summed E-state index contributed by atoms with van der Waals surface area (Å²) in [7, 11) is 0. The Hall–Kier alpha value is -1.10. The van der Waals surface area contributed by atoms with Crippen LogP contribution in [0, 0.1) is 0 Å². The lowest BCUT2D eigenvalue weighted by Crippen LogP contribution is -1.99. The molecule has 0 atom stereocenters. The molecule has 0 saturated heterocycles. The van der Waals surface area contributed by atoms with Crippen LogP contribution in [-0.4, -0.2) is 16.7 Å². The van der Waals surface area contributed by atoms with Gasteiger partial charge < -0.3 is 4.74 Å². The fourth-order valence-corrected chi connectivity index (χ4v) is 0.521. The first kappa shape index (κ1) is 7.01. The van der Waals surface area contributed by atoms with Crippen molar-refractivity contribution in [3.8, 4) is 0 Å². The van der Waals surface area contributed by atoms with Crippen LogP contribution in [0.4, 0.5) is 0 Å². The van der Waals surface area contributed by atoms with Gasteiger partial charge in [0.15, 0.2) is 5.82 Å². The molecule has 0 amide bonds. The molecular formula is C5H8N2O3. The Morgan fingerprint density at radius 1 is 1.80 bits per heavy atom. The fraction of sp³-hybridized carbons (Fsp3) is 0.600. The van der Waals surface area contributed by atoms with Crippen LogP contribution in [0.1, 0.15) is 12.7 Å². The number of ether oxygens (including phenoxy) is 1. The molecule has 10 heavy (non-hydrogen) atoms. The topological polar surface area (TPSA) is 68.1 Å². The van der Waals surface area contributed by atoms with E-state index in [0.717, 1.165) is 0 Å². The predicted octanol–water partition coefficient (Wildman–Crippen LogP) is -0.101. The maximum Gasteiger partial charge on any atom is 0.438 e. The Morgan fingerprint density at radius 2 is 2.60 bits per heavy atom. The van der Waals surface area contributed by atoms with Crippen molar-refractivity contribution in [3.05, 3.63) is 16.4 Å². The van der Waals surface area contributed by atoms with E-state index in [-0.39, 0.29) is 0 Å². The van der Waals surface area contributed by atoms with E-state index in [2.05, 4.69) is 14.7 Å². The second-order valence-corrected chi connectivity index (χ2v) is 1.68. The van der Waals surface area contributed by atoms with E-state index in [1.165, 1.54) is 0 Å². The molecule has 1 N–H and O–H groups in total. The molecule has 1 aromatic rings. The first-order valence-electron chi connectivity index (χ1n) is 2.95. The van der Waals surface area contributed by atoms with Gasteiger partial charge in [-0.1, -0.05) is 5.16 Å². The number of hydrogen-bond donors (Lipinski definition) is 1. The van der Waals surface area contributed by atoms with E-state index in [0.29, 0.717) is 19.0 Å². The Morgan fingerprint density at radius 3 is 3.10 bits per heavy atom. The van der Waals surface area contributed by atoms with Gasteiger partial charge in [-0.3, -0.25) is 9.51 Å². The summed E-state index contributed by atoms with van der Waals surface area (Å²) in [5, 5.41) is 3.39. The summed E-state index contributed by atoms with van der Waals surface area (Å²) in [5.41, 5.74) is 0. The lowest BCUT2D eigenvalue weighted by molar-refractivity contribution is 0.126. The maximum absolute atomic E-state index is 10.3. The molecule has 0 saturated carbocycles. The number of hydrogen-bond acceptors (Lipinski definition) is 4. The van der Waals surface area contributed by atoms with Crippen molar-refractivity contribution in [1.82, 2.24) is 10.1 Å². The molecule has 0 radical (unpaired) electrons. The quantitative estimate of drug-likeness (QED) is 0.643. The zero-order chi connectivity index (χ0) is 7.40. The van der Waals surface area contributed by atoms with Gasteiger partial charge in [-0.05, 0) is 6.92 Å². The molecule has 0 aliphatic heterocycles. The number of rotatable bonds is 3. The minimum Gasteiger partial charge on any atom is -0.374 e. The third kappa shape index (κ3) is 1.70. The SMILES string of the molecule is CCOCc1noc(=O)[nH]1. The van der Waals surface area contributed by atoms with Crippen molar-refractivity contribution in [2.45, 2.75) is 13.5 Å². The van der Waals surface area contributed by atoms with Crippen LogP contribution in [0.5, 0.6) is 0 Å². The number of nitrogens with one attached hydrogen (secondary N) is 1. The van der Waals surface area contributed by atoms with Crippen molar-refractivity contribution in [3.63, 3.8) is 0 Å². The highest BCUT2D eigenvalue weighted by atomic mass is 16.5. The van der Waals surface area contributed by atoms with Crippen LogP contribution in [0.15, 0.2) is 9.32 Å². The molecule has 1 aromatic heterocycles. The summed E-state index contributed by atoms with van der Waals surface area (Å²) >= 11 is 0. The van der Waals surface area contributed by atoms with Gasteiger partial charge in [0, 0.05) is 6.61 Å². The molecule has 0 fully saturated rings. The minimum atomic E-state index is -0.547. The average molecular weight is 144 g/mol. The smallest absolute Gasteiger partial charge is 0.374 e. The van der Waals surface area contributed by atoms with Gasteiger partial charge in [0.2, 0.25) is 0 Å². The monoisotopic (exact) mass is 144 g/mol. The molecule has 0 aliphatic carbocycles. The van der Waals surface area contributed by atoms with E-state index < -0.39 is 5.76 Å². The van der Waals surface area contributed by atoms with Gasteiger partial charge in [-0.15, -0.1) is 0 Å². The molecule has 56 valence electrons. The van der Waals surface area contributed by atoms with E-state index in [1.54, 1.807) is 0 Å². The summed E-state index contributed by atoms with van der Waals surface area (Å²) in [6.07, 6.45) is 0. The van der Waals surface area contributed by atoms with Crippen LogP contribution in [0.3, 0.4) is 0 Å². The summed E-state index contributed by atoms with van der Waals surface area (Å²) in [6, 6.07) is 0. The third-order valence-corrected chi connectivity index (χ3v) is 0.928. The molecule has 0 bridgehead atoms. The Bertz CT molecular complexity index is 239. The van der Waals surface area contributed by atoms with E-state index in [9.17, 15) is 4.79 Å². The zero-order valence-electron chi connectivity index (χ0n) is 5.59. The second-order valence-electron chi connectivity index (χ2n) is 1.68. The molecule has 0 aliphatic rings. The normalized spacial score (nSPS) is 10.1. The largest absolute Gasteiger partial charge is 0.438 e. The number of nitrogens with zero attached hydrogens (tertiary/aromatic N) is 1. The van der Waals surface area contributed by atoms with Crippen molar-refractivity contribution in [2.24, 2.45) is 0 Å². The standard InChI is InChI=1S/C5H8N2O3/c1-2-9-3-4-6-5(8)10-7-4/h2-3H2,1H3,(H,6,7,8). The molecular weight excluding hydrogens is 136 g/mol. The average Bonchev–Trinajstić information content (AvgIpc) is 2.31. The molecule has 0 aromatic carbocycles.